The van der Waals surface area contributed by atoms with Crippen molar-refractivity contribution in [2.24, 2.45) is 0 Å². The molecule has 0 bridgehead atoms. The van der Waals surface area contributed by atoms with Gasteiger partial charge < -0.3 is 10.1 Å². The summed E-state index contributed by atoms with van der Waals surface area (Å²) in [5, 5.41) is 2.92. The minimum Gasteiger partial charge on any atom is -0.497 e. The first-order valence-electron chi connectivity index (χ1n) is 6.23. The quantitative estimate of drug-likeness (QED) is 0.811. The van der Waals surface area contributed by atoms with Crippen LogP contribution in [0.4, 0.5) is 5.69 Å². The predicted molar refractivity (Wildman–Crippen MR) is 89.6 cm³/mol. The first-order valence-corrected chi connectivity index (χ1v) is 7.31. The number of hydrogen-bond donors (Lipinski definition) is 1. The van der Waals surface area contributed by atoms with Gasteiger partial charge in [0.15, 0.2) is 0 Å². The van der Waals surface area contributed by atoms with Crippen LogP contribution in [0.15, 0.2) is 36.4 Å². The molecule has 0 fully saturated rings. The second-order valence-corrected chi connectivity index (χ2v) is 5.69. The molecule has 0 saturated carbocycles. The maximum absolute atomic E-state index is 12.2. The number of nitrogens with one attached hydrogen (secondary N) is 1. The molecule has 0 heterocycles. The Kier molecular flexibility index (Phi) is 4.65. The highest BCUT2D eigenvalue weighted by Gasteiger charge is 2.08. The largest absolute Gasteiger partial charge is 0.497 e. The first-order chi connectivity index (χ1) is 9.51. The summed E-state index contributed by atoms with van der Waals surface area (Å²) < 4.78 is 6.31. The summed E-state index contributed by atoms with van der Waals surface area (Å²) in [6.45, 7) is 4.08. The zero-order chi connectivity index (χ0) is 14.7. The molecule has 20 heavy (non-hydrogen) atoms. The summed E-state index contributed by atoms with van der Waals surface area (Å²) in [4.78, 5) is 12.2. The van der Waals surface area contributed by atoms with E-state index in [0.29, 0.717) is 5.56 Å². The Hall–Kier alpha value is -1.56. The van der Waals surface area contributed by atoms with Crippen LogP contribution < -0.4 is 10.1 Å². The molecule has 0 saturated heterocycles. The van der Waals surface area contributed by atoms with Gasteiger partial charge in [-0.3, -0.25) is 4.79 Å². The fourth-order valence-electron chi connectivity index (χ4n) is 1.96. The third kappa shape index (κ3) is 3.30. The zero-order valence-corrected chi connectivity index (χ0v) is 13.8. The number of rotatable bonds is 3. The molecule has 0 aliphatic carbocycles. The van der Waals surface area contributed by atoms with E-state index in [-0.39, 0.29) is 5.91 Å². The maximum Gasteiger partial charge on any atom is 0.255 e. The zero-order valence-electron chi connectivity index (χ0n) is 11.7. The molecule has 0 aromatic heterocycles. The Bertz CT molecular complexity index is 612. The molecule has 1 N–H and O–H groups in total. The number of ether oxygens (including phenoxy) is 1. The first kappa shape index (κ1) is 14.8. The van der Waals surface area contributed by atoms with Crippen LogP contribution in [0.3, 0.4) is 0 Å². The Morgan fingerprint density at radius 2 is 1.65 bits per heavy atom. The van der Waals surface area contributed by atoms with Crippen molar-refractivity contribution in [3.05, 3.63) is 56.7 Å². The summed E-state index contributed by atoms with van der Waals surface area (Å²) in [5.41, 5.74) is 3.76. The van der Waals surface area contributed by atoms with Gasteiger partial charge in [-0.25, -0.2) is 0 Å². The molecule has 0 atom stereocenters. The molecule has 0 aliphatic rings. The van der Waals surface area contributed by atoms with Crippen LogP contribution in [0.5, 0.6) is 5.75 Å². The molecule has 4 heteroatoms. The van der Waals surface area contributed by atoms with Crippen molar-refractivity contribution in [2.45, 2.75) is 13.8 Å². The van der Waals surface area contributed by atoms with Crippen molar-refractivity contribution in [3.8, 4) is 5.75 Å². The van der Waals surface area contributed by atoms with Crippen molar-refractivity contribution in [2.75, 3.05) is 12.4 Å². The number of amides is 1. The molecule has 0 radical (unpaired) electrons. The summed E-state index contributed by atoms with van der Waals surface area (Å²) in [7, 11) is 1.60. The monoisotopic (exact) mass is 381 g/mol. The average molecular weight is 381 g/mol. The molecule has 0 aliphatic heterocycles. The molecule has 2 aromatic rings. The van der Waals surface area contributed by atoms with Gasteiger partial charge in [0.1, 0.15) is 5.75 Å². The van der Waals surface area contributed by atoms with Crippen LogP contribution in [-0.2, 0) is 0 Å². The standard InChI is InChI=1S/C16H16INO2/c1-10-8-13(9-11(2)15(10)17)18-16(19)12-4-6-14(20-3)7-5-12/h4-9H,1-3H3,(H,18,19). The fourth-order valence-corrected chi connectivity index (χ4v) is 2.28. The number of aryl methyl sites for hydroxylation is 2. The third-order valence-corrected chi connectivity index (χ3v) is 4.75. The Balaban J connectivity index is 2.18. The summed E-state index contributed by atoms with van der Waals surface area (Å²) in [5.74, 6) is 0.621. The molecule has 104 valence electrons. The van der Waals surface area contributed by atoms with Crippen molar-refractivity contribution in [1.82, 2.24) is 0 Å². The van der Waals surface area contributed by atoms with Crippen LogP contribution in [-0.4, -0.2) is 13.0 Å². The van der Waals surface area contributed by atoms with E-state index in [2.05, 4.69) is 27.9 Å². The minimum absolute atomic E-state index is 0.118. The van der Waals surface area contributed by atoms with E-state index in [1.165, 1.54) is 3.57 Å². The van der Waals surface area contributed by atoms with Crippen LogP contribution in [0.1, 0.15) is 21.5 Å². The number of carbonyl (C=O) groups is 1. The Morgan fingerprint density at radius 3 is 2.15 bits per heavy atom. The number of methoxy groups -OCH3 is 1. The fraction of sp³-hybridized carbons (Fsp3) is 0.188. The van der Waals surface area contributed by atoms with Gasteiger partial charge >= 0.3 is 0 Å². The van der Waals surface area contributed by atoms with Crippen LogP contribution >= 0.6 is 22.6 Å². The SMILES string of the molecule is COc1ccc(C(=O)Nc2cc(C)c(I)c(C)c2)cc1. The lowest BCUT2D eigenvalue weighted by Crippen LogP contribution is -2.12. The highest BCUT2D eigenvalue weighted by Crippen LogP contribution is 2.22. The maximum atomic E-state index is 12.2. The van der Waals surface area contributed by atoms with Gasteiger partial charge in [-0.2, -0.15) is 0 Å². The van der Waals surface area contributed by atoms with E-state index in [0.717, 1.165) is 22.6 Å². The molecular formula is C16H16INO2. The summed E-state index contributed by atoms with van der Waals surface area (Å²) in [6, 6.07) is 11.0. The molecule has 0 unspecified atom stereocenters. The van der Waals surface area contributed by atoms with Crippen LogP contribution in [0, 0.1) is 17.4 Å². The predicted octanol–water partition coefficient (Wildman–Crippen LogP) is 4.17. The van der Waals surface area contributed by atoms with E-state index in [9.17, 15) is 4.79 Å². The molecule has 1 amide bonds. The summed E-state index contributed by atoms with van der Waals surface area (Å²) >= 11 is 2.31. The van der Waals surface area contributed by atoms with Gasteiger partial charge in [0.2, 0.25) is 0 Å². The third-order valence-electron chi connectivity index (χ3n) is 3.05. The highest BCUT2D eigenvalue weighted by atomic mass is 127. The average Bonchev–Trinajstić information content (AvgIpc) is 2.44. The Labute approximate surface area is 132 Å². The number of benzene rings is 2. The summed E-state index contributed by atoms with van der Waals surface area (Å²) in [6.07, 6.45) is 0. The lowest BCUT2D eigenvalue weighted by molar-refractivity contribution is 0.102. The van der Waals surface area contributed by atoms with E-state index in [4.69, 9.17) is 4.74 Å². The van der Waals surface area contributed by atoms with Crippen molar-refractivity contribution in [3.63, 3.8) is 0 Å². The van der Waals surface area contributed by atoms with Gasteiger partial charge in [-0.05, 0) is 84.0 Å². The Morgan fingerprint density at radius 1 is 1.10 bits per heavy atom. The second kappa shape index (κ2) is 6.26. The smallest absolute Gasteiger partial charge is 0.255 e. The van der Waals surface area contributed by atoms with Crippen molar-refractivity contribution < 1.29 is 9.53 Å². The number of anilines is 1. The van der Waals surface area contributed by atoms with Crippen LogP contribution in [0.25, 0.3) is 0 Å². The molecular weight excluding hydrogens is 365 g/mol. The normalized spacial score (nSPS) is 10.2. The van der Waals surface area contributed by atoms with Gasteiger partial charge in [-0.1, -0.05) is 0 Å². The van der Waals surface area contributed by atoms with Crippen molar-refractivity contribution >= 4 is 34.2 Å². The minimum atomic E-state index is -0.118. The van der Waals surface area contributed by atoms with Gasteiger partial charge in [0.05, 0.1) is 7.11 Å². The highest BCUT2D eigenvalue weighted by molar-refractivity contribution is 14.1. The van der Waals surface area contributed by atoms with E-state index >= 15 is 0 Å². The van der Waals surface area contributed by atoms with E-state index in [1.807, 2.05) is 26.0 Å². The van der Waals surface area contributed by atoms with E-state index in [1.54, 1.807) is 31.4 Å². The second-order valence-electron chi connectivity index (χ2n) is 4.61. The topological polar surface area (TPSA) is 38.3 Å². The van der Waals surface area contributed by atoms with Crippen molar-refractivity contribution in [1.29, 1.82) is 0 Å². The molecule has 2 aromatic carbocycles. The van der Waals surface area contributed by atoms with Gasteiger partial charge in [0, 0.05) is 14.8 Å². The number of carbonyl (C=O) groups excluding carboxylic acids is 1. The molecule has 3 nitrogen and oxygen atoms in total. The molecule has 0 spiro atoms. The van der Waals surface area contributed by atoms with E-state index < -0.39 is 0 Å². The van der Waals surface area contributed by atoms with Gasteiger partial charge in [-0.15, -0.1) is 0 Å². The number of halogens is 1. The lowest BCUT2D eigenvalue weighted by Gasteiger charge is -2.10. The van der Waals surface area contributed by atoms with Gasteiger partial charge in [0.25, 0.3) is 5.91 Å². The molecule has 2 rings (SSSR count). The van der Waals surface area contributed by atoms with Crippen LogP contribution in [0.2, 0.25) is 0 Å². The lowest BCUT2D eigenvalue weighted by atomic mass is 10.1. The number of hydrogen-bond acceptors (Lipinski definition) is 2.